The van der Waals surface area contributed by atoms with E-state index >= 15 is 0 Å². The minimum atomic E-state index is -1.34. The van der Waals surface area contributed by atoms with E-state index in [4.69, 9.17) is 4.42 Å². The molecule has 7 rings (SSSR count). The van der Waals surface area contributed by atoms with E-state index in [1.165, 1.54) is 27.4 Å². The molecule has 7 aromatic rings. The van der Waals surface area contributed by atoms with Crippen LogP contribution in [-0.4, -0.2) is 18.0 Å². The summed E-state index contributed by atoms with van der Waals surface area (Å²) in [5, 5.41) is 3.69. The van der Waals surface area contributed by atoms with Crippen molar-refractivity contribution in [3.63, 3.8) is 0 Å². The van der Waals surface area contributed by atoms with E-state index in [9.17, 15) is 0 Å². The SMILES string of the molecule is CC(C)Cc1ccnc(-c2[c-]ccc3c2oc2cc(-c4ccc(C(C)(C)C)cc4)ccc23)c1.CC(C)c1cc(-c2[c-]cccc2)ncc1[Si](C)(C)C.[Ir]. The van der Waals surface area contributed by atoms with Gasteiger partial charge in [0.05, 0.1) is 13.7 Å². The minimum Gasteiger partial charge on any atom is -0.501 e. The molecule has 0 unspecified atom stereocenters. The van der Waals surface area contributed by atoms with Gasteiger partial charge in [-0.2, -0.15) is 0 Å². The summed E-state index contributed by atoms with van der Waals surface area (Å²) in [6.45, 7) is 22.9. The Morgan fingerprint density at radius 1 is 0.736 bits per heavy atom. The van der Waals surface area contributed by atoms with Crippen LogP contribution in [0, 0.1) is 18.1 Å². The van der Waals surface area contributed by atoms with E-state index in [2.05, 4.69) is 169 Å². The predicted octanol–water partition coefficient (Wildman–Crippen LogP) is 12.8. The van der Waals surface area contributed by atoms with Crippen LogP contribution in [0.5, 0.6) is 0 Å². The third-order valence-corrected chi connectivity index (χ3v) is 11.6. The van der Waals surface area contributed by atoms with Crippen LogP contribution in [0.1, 0.15) is 71.1 Å². The second-order valence-electron chi connectivity index (χ2n) is 16.7. The van der Waals surface area contributed by atoms with E-state index in [0.717, 1.165) is 56.4 Å². The Morgan fingerprint density at radius 3 is 2.11 bits per heavy atom. The van der Waals surface area contributed by atoms with Gasteiger partial charge in [-0.15, -0.1) is 54.1 Å². The summed E-state index contributed by atoms with van der Waals surface area (Å²) >= 11 is 0. The summed E-state index contributed by atoms with van der Waals surface area (Å²) in [4.78, 5) is 9.30. The fraction of sp³-hybridized carbons (Fsp3) is 0.292. The first-order valence-corrected chi connectivity index (χ1v) is 22.1. The molecule has 0 amide bonds. The normalized spacial score (nSPS) is 11.8. The molecule has 0 saturated heterocycles. The average Bonchev–Trinajstić information content (AvgIpc) is 3.49. The van der Waals surface area contributed by atoms with Crippen LogP contribution in [0.2, 0.25) is 19.6 Å². The van der Waals surface area contributed by atoms with Crippen molar-refractivity contribution >= 4 is 35.2 Å². The van der Waals surface area contributed by atoms with Crippen molar-refractivity contribution in [3.05, 3.63) is 138 Å². The van der Waals surface area contributed by atoms with Crippen molar-refractivity contribution < 1.29 is 24.5 Å². The van der Waals surface area contributed by atoms with E-state index in [0.29, 0.717) is 11.8 Å². The molecule has 53 heavy (non-hydrogen) atoms. The molecule has 0 aliphatic heterocycles. The van der Waals surface area contributed by atoms with Crippen molar-refractivity contribution in [2.75, 3.05) is 0 Å². The quantitative estimate of drug-likeness (QED) is 0.118. The Kier molecular flexibility index (Phi) is 12.4. The number of aromatic nitrogens is 2. The molecule has 0 spiro atoms. The van der Waals surface area contributed by atoms with Crippen LogP contribution >= 0.6 is 0 Å². The number of hydrogen-bond donors (Lipinski definition) is 0. The molecule has 0 bridgehead atoms. The summed E-state index contributed by atoms with van der Waals surface area (Å²) in [6.07, 6.45) is 5.02. The fourth-order valence-electron chi connectivity index (χ4n) is 6.76. The third-order valence-electron chi connectivity index (χ3n) is 9.59. The van der Waals surface area contributed by atoms with Gasteiger partial charge in [-0.25, -0.2) is 0 Å². The molecule has 3 aromatic heterocycles. The van der Waals surface area contributed by atoms with Crippen molar-refractivity contribution in [1.29, 1.82) is 0 Å². The maximum Gasteiger partial charge on any atom is 0.121 e. The number of rotatable bonds is 7. The predicted molar refractivity (Wildman–Crippen MR) is 224 cm³/mol. The van der Waals surface area contributed by atoms with Gasteiger partial charge in [0.2, 0.25) is 0 Å². The molecule has 0 atom stereocenters. The first kappa shape index (κ1) is 40.0. The maximum absolute atomic E-state index is 6.43. The van der Waals surface area contributed by atoms with Crippen LogP contribution in [0.25, 0.3) is 55.6 Å². The van der Waals surface area contributed by atoms with Gasteiger partial charge in [-0.05, 0) is 69.1 Å². The second kappa shape index (κ2) is 16.5. The molecule has 4 aromatic carbocycles. The number of benzene rings is 4. The molecule has 0 saturated carbocycles. The molecule has 0 aliphatic carbocycles. The van der Waals surface area contributed by atoms with Gasteiger partial charge in [0.15, 0.2) is 0 Å². The molecular weight excluding hydrogens is 841 g/mol. The number of fused-ring (bicyclic) bond motifs is 3. The summed E-state index contributed by atoms with van der Waals surface area (Å²) in [6, 6.07) is 40.6. The van der Waals surface area contributed by atoms with Gasteiger partial charge >= 0.3 is 0 Å². The zero-order valence-electron chi connectivity index (χ0n) is 32.9. The zero-order chi connectivity index (χ0) is 37.2. The molecule has 275 valence electrons. The van der Waals surface area contributed by atoms with E-state index in [-0.39, 0.29) is 25.5 Å². The van der Waals surface area contributed by atoms with Crippen LogP contribution < -0.4 is 5.19 Å². The monoisotopic (exact) mass is 893 g/mol. The molecule has 3 nitrogen and oxygen atoms in total. The first-order chi connectivity index (χ1) is 24.7. The summed E-state index contributed by atoms with van der Waals surface area (Å²) in [5.41, 5.74) is 12.3. The minimum absolute atomic E-state index is 0. The first-order valence-electron chi connectivity index (χ1n) is 18.6. The summed E-state index contributed by atoms with van der Waals surface area (Å²) in [5.74, 6) is 1.13. The Bertz CT molecular complexity index is 2290. The smallest absolute Gasteiger partial charge is 0.121 e. The van der Waals surface area contributed by atoms with Crippen LogP contribution in [0.4, 0.5) is 0 Å². The number of pyridine rings is 2. The number of furan rings is 1. The Labute approximate surface area is 331 Å². The molecule has 0 N–H and O–H groups in total. The standard InChI is InChI=1S/C31H30NO.C17H22NSi.Ir/c1-20(2)17-21-15-16-32-28(18-21)27-8-6-7-26-25-14-11-23(19-29(25)33-30(26)27)22-9-12-24(13-10-22)31(3,4)5;1-13(2)15-11-16(14-9-7-6-8-10-14)18-12-17(15)19(3,4)5;/h6-7,9-16,18-20H,17H2,1-5H3;6-9,11-13H,1-5H3;/q2*-1;. The molecule has 5 heteroatoms. The molecule has 3 heterocycles. The summed E-state index contributed by atoms with van der Waals surface area (Å²) < 4.78 is 6.43. The Hall–Kier alpha value is -4.15. The number of nitrogens with zero attached hydrogens (tertiary/aromatic N) is 2. The zero-order valence-corrected chi connectivity index (χ0v) is 36.3. The van der Waals surface area contributed by atoms with Gasteiger partial charge in [-0.1, -0.05) is 139 Å². The molecule has 0 fully saturated rings. The van der Waals surface area contributed by atoms with Gasteiger partial charge in [-0.3, -0.25) is 0 Å². The maximum atomic E-state index is 6.43. The largest absolute Gasteiger partial charge is 0.501 e. The molecule has 1 radical (unpaired) electrons. The summed E-state index contributed by atoms with van der Waals surface area (Å²) in [7, 11) is -1.34. The van der Waals surface area contributed by atoms with Gasteiger partial charge < -0.3 is 14.4 Å². The average molecular weight is 893 g/mol. The van der Waals surface area contributed by atoms with Crippen molar-refractivity contribution in [2.45, 2.75) is 85.9 Å². The molecule has 0 aliphatic rings. The van der Waals surface area contributed by atoms with Crippen LogP contribution in [0.15, 0.2) is 114 Å². The van der Waals surface area contributed by atoms with Crippen molar-refractivity contribution in [2.24, 2.45) is 5.92 Å². The van der Waals surface area contributed by atoms with Gasteiger partial charge in [0, 0.05) is 37.9 Å². The fourth-order valence-corrected chi connectivity index (χ4v) is 8.44. The van der Waals surface area contributed by atoms with Crippen molar-refractivity contribution in [1.82, 2.24) is 9.97 Å². The van der Waals surface area contributed by atoms with Crippen molar-refractivity contribution in [3.8, 4) is 33.6 Å². The van der Waals surface area contributed by atoms with E-state index < -0.39 is 8.07 Å². The van der Waals surface area contributed by atoms with E-state index in [1.54, 1.807) is 0 Å². The van der Waals surface area contributed by atoms with Crippen LogP contribution in [0.3, 0.4) is 0 Å². The second-order valence-corrected chi connectivity index (χ2v) is 21.8. The number of hydrogen-bond acceptors (Lipinski definition) is 3. The Balaban J connectivity index is 0.000000232. The van der Waals surface area contributed by atoms with Gasteiger partial charge in [0.25, 0.3) is 0 Å². The topological polar surface area (TPSA) is 38.9 Å². The molecular formula is C48H52IrN2OSi-2. The Morgan fingerprint density at radius 2 is 1.47 bits per heavy atom. The van der Waals surface area contributed by atoms with E-state index in [1.807, 2.05) is 30.5 Å². The third kappa shape index (κ3) is 9.33. The van der Waals surface area contributed by atoms with Crippen LogP contribution in [-0.2, 0) is 31.9 Å². The van der Waals surface area contributed by atoms with Gasteiger partial charge in [0.1, 0.15) is 5.58 Å².